The van der Waals surface area contributed by atoms with E-state index in [2.05, 4.69) is 22.3 Å². The lowest BCUT2D eigenvalue weighted by molar-refractivity contribution is -0.140. The number of nitrogens with zero attached hydrogens (tertiary/aromatic N) is 1. The van der Waals surface area contributed by atoms with Crippen LogP contribution in [0.4, 0.5) is 4.39 Å². The summed E-state index contributed by atoms with van der Waals surface area (Å²) in [6, 6.07) is 12.4. The number of esters is 2. The highest BCUT2D eigenvalue weighted by molar-refractivity contribution is 6.31. The number of ether oxygens (including phenoxy) is 2. The molecule has 0 aliphatic carbocycles. The van der Waals surface area contributed by atoms with E-state index in [0.717, 1.165) is 13.1 Å². The first-order valence-corrected chi connectivity index (χ1v) is 11.4. The Bertz CT molecular complexity index is 1160. The molecule has 4 rings (SSSR count). The second kappa shape index (κ2) is 9.99. The van der Waals surface area contributed by atoms with Crippen LogP contribution in [0.5, 0.6) is 0 Å². The minimum Gasteiger partial charge on any atom is -0.466 e. The van der Waals surface area contributed by atoms with Crippen molar-refractivity contribution >= 4 is 23.5 Å². The average molecular weight is 485 g/mol. The molecule has 0 fully saturated rings. The maximum absolute atomic E-state index is 15.0. The van der Waals surface area contributed by atoms with E-state index in [1.165, 1.54) is 36.4 Å². The molecule has 2 aromatic rings. The summed E-state index contributed by atoms with van der Waals surface area (Å²) >= 11 is 6.36. The van der Waals surface area contributed by atoms with E-state index in [1.54, 1.807) is 13.8 Å². The zero-order valence-corrected chi connectivity index (χ0v) is 20.0. The highest BCUT2D eigenvalue weighted by Gasteiger charge is 2.40. The topological polar surface area (TPSA) is 67.9 Å². The quantitative estimate of drug-likeness (QED) is 0.611. The van der Waals surface area contributed by atoms with E-state index in [1.807, 2.05) is 12.1 Å². The number of dihydropyridines is 1. The van der Waals surface area contributed by atoms with Gasteiger partial charge in [0.05, 0.1) is 24.2 Å². The SMILES string of the molecule is COC(=O)C1=C(C)NC(C)=C(C(=O)OCCN2Cc3ccccc3C2)C1c1c(F)cccc1Cl. The number of methoxy groups -OCH3 is 1. The standard InChI is InChI=1S/C26H26ClFN2O4/c1-15-21(25(31)33-3)24(23-19(27)9-6-10-20(23)28)22(16(2)29-15)26(32)34-12-11-30-13-17-7-4-5-8-18(17)14-30/h4-10,24,29H,11-14H2,1-3H3. The molecule has 0 spiro atoms. The van der Waals surface area contributed by atoms with Crippen molar-refractivity contribution in [3.05, 3.63) is 92.5 Å². The third-order valence-electron chi connectivity index (χ3n) is 6.22. The third-order valence-corrected chi connectivity index (χ3v) is 6.55. The highest BCUT2D eigenvalue weighted by Crippen LogP contribution is 2.42. The van der Waals surface area contributed by atoms with Crippen LogP contribution >= 0.6 is 11.6 Å². The Morgan fingerprint density at radius 3 is 2.24 bits per heavy atom. The number of hydrogen-bond acceptors (Lipinski definition) is 6. The van der Waals surface area contributed by atoms with Crippen molar-refractivity contribution in [1.29, 1.82) is 0 Å². The van der Waals surface area contributed by atoms with Gasteiger partial charge in [-0.3, -0.25) is 4.90 Å². The molecule has 2 heterocycles. The van der Waals surface area contributed by atoms with Crippen molar-refractivity contribution in [2.24, 2.45) is 0 Å². The number of nitrogens with one attached hydrogen (secondary N) is 1. The van der Waals surface area contributed by atoms with Crippen LogP contribution in [0.15, 0.2) is 65.0 Å². The van der Waals surface area contributed by atoms with Gasteiger partial charge in [0, 0.05) is 41.6 Å². The van der Waals surface area contributed by atoms with E-state index in [4.69, 9.17) is 21.1 Å². The monoisotopic (exact) mass is 484 g/mol. The molecule has 0 saturated heterocycles. The van der Waals surface area contributed by atoms with Crippen LogP contribution < -0.4 is 5.32 Å². The van der Waals surface area contributed by atoms with Crippen molar-refractivity contribution in [2.75, 3.05) is 20.3 Å². The molecule has 0 bridgehead atoms. The van der Waals surface area contributed by atoms with E-state index >= 15 is 0 Å². The predicted molar refractivity (Wildman–Crippen MR) is 126 cm³/mol. The lowest BCUT2D eigenvalue weighted by Gasteiger charge is -2.31. The first-order chi connectivity index (χ1) is 16.3. The molecular weight excluding hydrogens is 459 g/mol. The molecule has 8 heteroatoms. The van der Waals surface area contributed by atoms with Crippen molar-refractivity contribution in [3.8, 4) is 0 Å². The Balaban J connectivity index is 1.57. The normalized spacial score (nSPS) is 18.0. The number of carbonyl (C=O) groups is 2. The molecule has 1 atom stereocenters. The maximum Gasteiger partial charge on any atom is 0.336 e. The van der Waals surface area contributed by atoms with Crippen LogP contribution in [0, 0.1) is 5.82 Å². The largest absolute Gasteiger partial charge is 0.466 e. The Hall–Kier alpha value is -3.16. The van der Waals surface area contributed by atoms with Crippen LogP contribution in [0.1, 0.15) is 36.5 Å². The van der Waals surface area contributed by atoms with E-state index < -0.39 is 23.7 Å². The molecule has 2 aliphatic heterocycles. The molecule has 6 nitrogen and oxygen atoms in total. The van der Waals surface area contributed by atoms with Gasteiger partial charge in [-0.05, 0) is 37.1 Å². The predicted octanol–water partition coefficient (Wildman–Crippen LogP) is 4.45. The first kappa shape index (κ1) is 24.0. The van der Waals surface area contributed by atoms with Crippen LogP contribution in [-0.4, -0.2) is 37.1 Å². The first-order valence-electron chi connectivity index (χ1n) is 11.0. The van der Waals surface area contributed by atoms with Gasteiger partial charge < -0.3 is 14.8 Å². The minimum absolute atomic E-state index is 0.0340. The summed E-state index contributed by atoms with van der Waals surface area (Å²) in [6.07, 6.45) is 0. The number of benzene rings is 2. The highest BCUT2D eigenvalue weighted by atomic mass is 35.5. The molecule has 34 heavy (non-hydrogen) atoms. The van der Waals surface area contributed by atoms with E-state index in [9.17, 15) is 14.0 Å². The summed E-state index contributed by atoms with van der Waals surface area (Å²) in [5, 5.41) is 3.14. The average Bonchev–Trinajstić information content (AvgIpc) is 3.21. The Labute approximate surface area is 203 Å². The lowest BCUT2D eigenvalue weighted by Crippen LogP contribution is -2.33. The van der Waals surface area contributed by atoms with Crippen LogP contribution in [0.3, 0.4) is 0 Å². The lowest BCUT2D eigenvalue weighted by atomic mass is 9.80. The Morgan fingerprint density at radius 2 is 1.65 bits per heavy atom. The minimum atomic E-state index is -1.06. The van der Waals surface area contributed by atoms with Crippen molar-refractivity contribution < 1.29 is 23.5 Å². The van der Waals surface area contributed by atoms with Gasteiger partial charge >= 0.3 is 11.9 Å². The van der Waals surface area contributed by atoms with Crippen LogP contribution in [0.25, 0.3) is 0 Å². The van der Waals surface area contributed by atoms with Gasteiger partial charge in [-0.2, -0.15) is 0 Å². The fourth-order valence-electron chi connectivity index (χ4n) is 4.63. The smallest absolute Gasteiger partial charge is 0.336 e. The number of halogens is 2. The zero-order valence-electron chi connectivity index (χ0n) is 19.3. The maximum atomic E-state index is 15.0. The van der Waals surface area contributed by atoms with Crippen LogP contribution in [0.2, 0.25) is 5.02 Å². The summed E-state index contributed by atoms with van der Waals surface area (Å²) in [7, 11) is 1.24. The number of allylic oxidation sites excluding steroid dienone is 2. The molecule has 178 valence electrons. The third kappa shape index (κ3) is 4.58. The molecule has 2 aliphatic rings. The second-order valence-corrected chi connectivity index (χ2v) is 8.78. The van der Waals surface area contributed by atoms with Gasteiger partial charge in [0.2, 0.25) is 0 Å². The second-order valence-electron chi connectivity index (χ2n) is 8.38. The summed E-state index contributed by atoms with van der Waals surface area (Å²) in [5.74, 6) is -3.01. The molecule has 1 N–H and O–H groups in total. The fraction of sp³-hybridized carbons (Fsp3) is 0.308. The molecule has 0 aromatic heterocycles. The number of hydrogen-bond donors (Lipinski definition) is 1. The van der Waals surface area contributed by atoms with Gasteiger partial charge in [-0.15, -0.1) is 0 Å². The molecule has 2 aromatic carbocycles. The summed E-state index contributed by atoms with van der Waals surface area (Å²) in [6.45, 7) is 5.64. The summed E-state index contributed by atoms with van der Waals surface area (Å²) in [4.78, 5) is 28.2. The van der Waals surface area contributed by atoms with Gasteiger partial charge in [0.25, 0.3) is 0 Å². The molecular formula is C26H26ClFN2O4. The van der Waals surface area contributed by atoms with E-state index in [0.29, 0.717) is 17.9 Å². The molecule has 0 amide bonds. The fourth-order valence-corrected chi connectivity index (χ4v) is 4.90. The van der Waals surface area contributed by atoms with Crippen LogP contribution in [-0.2, 0) is 32.2 Å². The summed E-state index contributed by atoms with van der Waals surface area (Å²) in [5.41, 5.74) is 3.73. The van der Waals surface area contributed by atoms with Crippen molar-refractivity contribution in [2.45, 2.75) is 32.9 Å². The Kier molecular flexibility index (Phi) is 7.05. The van der Waals surface area contributed by atoms with E-state index in [-0.39, 0.29) is 28.3 Å². The number of carbonyl (C=O) groups excluding carboxylic acids is 2. The number of fused-ring (bicyclic) bond motifs is 1. The summed E-state index contributed by atoms with van der Waals surface area (Å²) < 4.78 is 25.6. The molecule has 0 radical (unpaired) electrons. The Morgan fingerprint density at radius 1 is 1.03 bits per heavy atom. The van der Waals surface area contributed by atoms with Gasteiger partial charge in [0.1, 0.15) is 12.4 Å². The zero-order chi connectivity index (χ0) is 24.4. The van der Waals surface area contributed by atoms with Gasteiger partial charge in [-0.25, -0.2) is 14.0 Å². The number of rotatable bonds is 6. The van der Waals surface area contributed by atoms with Gasteiger partial charge in [-0.1, -0.05) is 41.9 Å². The van der Waals surface area contributed by atoms with Crippen molar-refractivity contribution in [3.63, 3.8) is 0 Å². The molecule has 0 saturated carbocycles. The molecule has 1 unspecified atom stereocenters. The van der Waals surface area contributed by atoms with Crippen molar-refractivity contribution in [1.82, 2.24) is 10.2 Å². The van der Waals surface area contributed by atoms with Gasteiger partial charge in [0.15, 0.2) is 0 Å².